The molecule has 4 aliphatic rings. The molecule has 9 nitrogen and oxygen atoms in total. The smallest absolute Gasteiger partial charge is 0.318 e. The molecule has 0 N–H and O–H groups in total. The van der Waals surface area contributed by atoms with Gasteiger partial charge in [-0.05, 0) is 63.4 Å². The fourth-order valence-electron chi connectivity index (χ4n) is 7.78. The van der Waals surface area contributed by atoms with Crippen LogP contribution in [0, 0.1) is 28.5 Å². The first-order valence-electron chi connectivity index (χ1n) is 15.8. The Labute approximate surface area is 264 Å². The van der Waals surface area contributed by atoms with Crippen LogP contribution in [0.1, 0.15) is 49.8 Å². The van der Waals surface area contributed by atoms with E-state index < -0.39 is 5.82 Å². The molecule has 234 valence electrons. The van der Waals surface area contributed by atoms with E-state index in [4.69, 9.17) is 26.3 Å². The second kappa shape index (κ2) is 12.9. The maximum Gasteiger partial charge on any atom is 0.318 e. The van der Waals surface area contributed by atoms with Crippen LogP contribution < -0.4 is 14.5 Å². The number of hydrogen-bond donors (Lipinski definition) is 0. The van der Waals surface area contributed by atoms with E-state index in [-0.39, 0.29) is 28.8 Å². The van der Waals surface area contributed by atoms with Crippen LogP contribution in [0.5, 0.6) is 6.01 Å². The van der Waals surface area contributed by atoms with Crippen molar-refractivity contribution in [1.82, 2.24) is 19.8 Å². The molecule has 3 aliphatic heterocycles. The second-order valence-corrected chi connectivity index (χ2v) is 13.2. The number of nitriles is 1. The highest BCUT2D eigenvalue weighted by Gasteiger charge is 2.44. The molecular weight excluding hydrogens is 581 g/mol. The molecule has 1 saturated carbocycles. The first kappa shape index (κ1) is 30.6. The van der Waals surface area contributed by atoms with Crippen LogP contribution in [0.4, 0.5) is 15.9 Å². The van der Waals surface area contributed by atoms with E-state index in [2.05, 4.69) is 34.4 Å². The Balaban J connectivity index is 1.32. The third-order valence-electron chi connectivity index (χ3n) is 10.2. The summed E-state index contributed by atoms with van der Waals surface area (Å²) in [4.78, 5) is 30.9. The predicted octanol–water partition coefficient (Wildman–Crippen LogP) is 4.84. The number of carbonyl (C=O) groups excluding carboxylic acids is 1. The van der Waals surface area contributed by atoms with Crippen LogP contribution in [0.2, 0.25) is 5.02 Å². The van der Waals surface area contributed by atoms with E-state index in [9.17, 15) is 14.4 Å². The van der Waals surface area contributed by atoms with Crippen molar-refractivity contribution in [3.63, 3.8) is 0 Å². The summed E-state index contributed by atoms with van der Waals surface area (Å²) in [6.07, 6.45) is 8.11. The molecule has 1 aliphatic carbocycles. The zero-order chi connectivity index (χ0) is 30.8. The first-order chi connectivity index (χ1) is 21.3. The molecular formula is C33H41ClFN7O2. The highest BCUT2D eigenvalue weighted by Crippen LogP contribution is 2.48. The normalized spacial score (nSPS) is 23.4. The van der Waals surface area contributed by atoms with Crippen LogP contribution in [-0.2, 0) is 17.8 Å². The van der Waals surface area contributed by atoms with Gasteiger partial charge in [-0.3, -0.25) is 4.79 Å². The lowest BCUT2D eigenvalue weighted by molar-refractivity contribution is -0.128. The standard InChI is InChI=1S/C33H41ClFN7O2/c1-3-29(43)42-18-17-41(20-24(42)9-14-36)31-25-11-16-40(28-8-6-7-26(35)30(28)34)21-27(25)37-32(38-31)44-22-33(12-4-5-13-33)23-10-15-39(2)19-23/h3,6-8,23-24H,1,4-5,9-13,15-22H2,2H3/t23?,24-/m0/s1. The number of anilines is 2. The van der Waals surface area contributed by atoms with Gasteiger partial charge in [0.2, 0.25) is 5.91 Å². The Morgan fingerprint density at radius 1 is 1.20 bits per heavy atom. The molecule has 11 heteroatoms. The maximum absolute atomic E-state index is 14.4. The number of likely N-dealkylation sites (tertiary alicyclic amines) is 1. The third kappa shape index (κ3) is 5.96. The second-order valence-electron chi connectivity index (χ2n) is 12.8. The molecule has 1 aromatic carbocycles. The third-order valence-corrected chi connectivity index (χ3v) is 10.6. The van der Waals surface area contributed by atoms with Crippen molar-refractivity contribution >= 4 is 29.0 Å². The molecule has 2 saturated heterocycles. The summed E-state index contributed by atoms with van der Waals surface area (Å²) in [7, 11) is 2.20. The average molecular weight is 622 g/mol. The number of ether oxygens (including phenoxy) is 1. The Morgan fingerprint density at radius 2 is 2.02 bits per heavy atom. The lowest BCUT2D eigenvalue weighted by Gasteiger charge is -2.42. The van der Waals surface area contributed by atoms with Gasteiger partial charge in [-0.15, -0.1) is 0 Å². The minimum atomic E-state index is -0.447. The van der Waals surface area contributed by atoms with Crippen molar-refractivity contribution in [3.05, 3.63) is 53.0 Å². The Kier molecular flexibility index (Phi) is 8.97. The van der Waals surface area contributed by atoms with Gasteiger partial charge in [0.05, 0.1) is 48.1 Å². The summed E-state index contributed by atoms with van der Waals surface area (Å²) in [6, 6.07) is 7.20. The molecule has 3 fully saturated rings. The molecule has 1 aromatic heterocycles. The zero-order valence-corrected chi connectivity index (χ0v) is 26.2. The quantitative estimate of drug-likeness (QED) is 0.387. The lowest BCUT2D eigenvalue weighted by Crippen LogP contribution is -2.55. The van der Waals surface area contributed by atoms with E-state index in [1.165, 1.54) is 31.4 Å². The van der Waals surface area contributed by atoms with Gasteiger partial charge >= 0.3 is 6.01 Å². The highest BCUT2D eigenvalue weighted by molar-refractivity contribution is 6.33. The van der Waals surface area contributed by atoms with Gasteiger partial charge in [0, 0.05) is 43.7 Å². The van der Waals surface area contributed by atoms with E-state index in [0.717, 1.165) is 43.0 Å². The number of amides is 1. The predicted molar refractivity (Wildman–Crippen MR) is 168 cm³/mol. The fourth-order valence-corrected chi connectivity index (χ4v) is 8.03. The van der Waals surface area contributed by atoms with Crippen molar-refractivity contribution in [2.75, 3.05) is 62.7 Å². The number of fused-ring (bicyclic) bond motifs is 1. The first-order valence-corrected chi connectivity index (χ1v) is 16.1. The van der Waals surface area contributed by atoms with E-state index in [0.29, 0.717) is 63.4 Å². The lowest BCUT2D eigenvalue weighted by atomic mass is 9.74. The average Bonchev–Trinajstić information content (AvgIpc) is 3.70. The van der Waals surface area contributed by atoms with Crippen LogP contribution in [0.25, 0.3) is 0 Å². The van der Waals surface area contributed by atoms with Crippen molar-refractivity contribution in [1.29, 1.82) is 5.26 Å². The number of halogens is 2. The van der Waals surface area contributed by atoms with Gasteiger partial charge in [-0.1, -0.05) is 37.1 Å². The molecule has 4 heterocycles. The Morgan fingerprint density at radius 3 is 2.75 bits per heavy atom. The molecule has 0 spiro atoms. The fraction of sp³-hybridized carbons (Fsp3) is 0.576. The number of hydrogen-bond acceptors (Lipinski definition) is 8. The number of nitrogens with zero attached hydrogens (tertiary/aromatic N) is 7. The minimum Gasteiger partial charge on any atom is -0.463 e. The molecule has 6 rings (SSSR count). The molecule has 0 radical (unpaired) electrons. The molecule has 44 heavy (non-hydrogen) atoms. The van der Waals surface area contributed by atoms with Gasteiger partial charge in [-0.25, -0.2) is 4.39 Å². The zero-order valence-electron chi connectivity index (χ0n) is 25.5. The number of benzene rings is 1. The van der Waals surface area contributed by atoms with Crippen LogP contribution in [0.3, 0.4) is 0 Å². The van der Waals surface area contributed by atoms with Crippen molar-refractivity contribution in [2.45, 2.75) is 57.5 Å². The monoisotopic (exact) mass is 621 g/mol. The Hall–Kier alpha value is -3.42. The van der Waals surface area contributed by atoms with Crippen LogP contribution >= 0.6 is 11.6 Å². The minimum absolute atomic E-state index is 0.105. The summed E-state index contributed by atoms with van der Waals surface area (Å²) in [6.45, 7) is 9.04. The van der Waals surface area contributed by atoms with Crippen LogP contribution in [-0.4, -0.2) is 84.6 Å². The number of rotatable bonds is 8. The summed E-state index contributed by atoms with van der Waals surface area (Å²) < 4.78 is 21.0. The van der Waals surface area contributed by atoms with Gasteiger partial charge in [0.15, 0.2) is 0 Å². The maximum atomic E-state index is 14.4. The summed E-state index contributed by atoms with van der Waals surface area (Å²) in [5.74, 6) is 0.780. The van der Waals surface area contributed by atoms with Gasteiger partial charge in [0.25, 0.3) is 0 Å². The van der Waals surface area contributed by atoms with Crippen molar-refractivity contribution < 1.29 is 13.9 Å². The van der Waals surface area contributed by atoms with Crippen molar-refractivity contribution in [3.8, 4) is 12.1 Å². The number of piperazine rings is 1. The molecule has 1 amide bonds. The van der Waals surface area contributed by atoms with Gasteiger partial charge < -0.3 is 24.3 Å². The largest absolute Gasteiger partial charge is 0.463 e. The van der Waals surface area contributed by atoms with Gasteiger partial charge in [0.1, 0.15) is 11.6 Å². The van der Waals surface area contributed by atoms with Crippen molar-refractivity contribution in [2.24, 2.45) is 11.3 Å². The highest BCUT2D eigenvalue weighted by atomic mass is 35.5. The van der Waals surface area contributed by atoms with E-state index in [1.54, 1.807) is 11.0 Å². The number of carbonyl (C=O) groups is 1. The van der Waals surface area contributed by atoms with Crippen LogP contribution in [0.15, 0.2) is 30.9 Å². The summed E-state index contributed by atoms with van der Waals surface area (Å²) in [5.41, 5.74) is 2.62. The topological polar surface area (TPSA) is 88.8 Å². The summed E-state index contributed by atoms with van der Waals surface area (Å²) >= 11 is 6.39. The molecule has 2 aromatic rings. The SMILES string of the molecule is C=CC(=O)N1CCN(c2nc(OCC3(C4CCN(C)C4)CCCC3)nc3c2CCN(c2cccc(F)c2Cl)C3)C[C@@H]1CC#N. The number of aromatic nitrogens is 2. The van der Waals surface area contributed by atoms with E-state index in [1.807, 2.05) is 6.07 Å². The van der Waals surface area contributed by atoms with E-state index >= 15 is 0 Å². The molecule has 0 bridgehead atoms. The summed E-state index contributed by atoms with van der Waals surface area (Å²) in [5, 5.41) is 9.65. The molecule has 1 unspecified atom stereocenters. The Bertz CT molecular complexity index is 1440. The molecule has 2 atom stereocenters. The van der Waals surface area contributed by atoms with Gasteiger partial charge in [-0.2, -0.15) is 15.2 Å².